The van der Waals surface area contributed by atoms with E-state index in [1.165, 1.54) is 25.9 Å². The van der Waals surface area contributed by atoms with Crippen LogP contribution in [-0.2, 0) is 4.74 Å². The fraction of sp³-hybridized carbons (Fsp3) is 1.00. The molecule has 0 spiro atoms. The SMILES string of the molecule is CC.CC.CCOCC(C)(C)CN1CCC(C)(C)CC(C)(C)C1. The number of hydrogen-bond donors (Lipinski definition) is 0. The van der Waals surface area contributed by atoms with E-state index in [2.05, 4.69) is 53.4 Å². The van der Waals surface area contributed by atoms with E-state index in [1.54, 1.807) is 0 Å². The van der Waals surface area contributed by atoms with Crippen molar-refractivity contribution in [2.45, 2.75) is 89.0 Å². The van der Waals surface area contributed by atoms with Crippen LogP contribution in [0, 0.1) is 16.2 Å². The average Bonchev–Trinajstić information content (AvgIpc) is 2.55. The van der Waals surface area contributed by atoms with Crippen LogP contribution < -0.4 is 0 Å². The van der Waals surface area contributed by atoms with Gasteiger partial charge in [0.25, 0.3) is 0 Å². The van der Waals surface area contributed by atoms with Crippen LogP contribution in [0.1, 0.15) is 89.0 Å². The lowest BCUT2D eigenvalue weighted by atomic mass is 9.75. The topological polar surface area (TPSA) is 12.5 Å². The summed E-state index contributed by atoms with van der Waals surface area (Å²) in [5.74, 6) is 0. The second-order valence-corrected chi connectivity index (χ2v) is 8.77. The van der Waals surface area contributed by atoms with Crippen LogP contribution in [0.15, 0.2) is 0 Å². The summed E-state index contributed by atoms with van der Waals surface area (Å²) in [7, 11) is 0. The van der Waals surface area contributed by atoms with Crippen molar-refractivity contribution in [1.82, 2.24) is 4.90 Å². The monoisotopic (exact) mass is 329 g/mol. The summed E-state index contributed by atoms with van der Waals surface area (Å²) >= 11 is 0. The van der Waals surface area contributed by atoms with E-state index in [-0.39, 0.29) is 5.41 Å². The Bertz CT molecular complexity index is 282. The Hall–Kier alpha value is -0.0800. The second-order valence-electron chi connectivity index (χ2n) is 8.77. The molecule has 0 radical (unpaired) electrons. The molecule has 0 bridgehead atoms. The number of rotatable bonds is 5. The van der Waals surface area contributed by atoms with Crippen molar-refractivity contribution in [3.63, 3.8) is 0 Å². The van der Waals surface area contributed by atoms with Gasteiger partial charge in [0, 0.05) is 25.1 Å². The highest BCUT2D eigenvalue weighted by molar-refractivity contribution is 4.88. The van der Waals surface area contributed by atoms with Gasteiger partial charge in [-0.15, -0.1) is 0 Å². The normalized spacial score (nSPS) is 20.5. The van der Waals surface area contributed by atoms with Gasteiger partial charge in [-0.1, -0.05) is 69.2 Å². The Morgan fingerprint density at radius 1 is 0.957 bits per heavy atom. The molecule has 23 heavy (non-hydrogen) atoms. The summed E-state index contributed by atoms with van der Waals surface area (Å²) < 4.78 is 5.64. The third-order valence-corrected chi connectivity index (χ3v) is 4.06. The Morgan fingerprint density at radius 2 is 1.48 bits per heavy atom. The first-order valence-electron chi connectivity index (χ1n) is 9.85. The lowest BCUT2D eigenvalue weighted by molar-refractivity contribution is 0.0393. The van der Waals surface area contributed by atoms with Gasteiger partial charge in [0.05, 0.1) is 6.61 Å². The maximum absolute atomic E-state index is 5.64. The Labute approximate surface area is 148 Å². The largest absolute Gasteiger partial charge is 0.381 e. The minimum absolute atomic E-state index is 0.251. The molecular formula is C21H47NO. The predicted molar refractivity (Wildman–Crippen MR) is 106 cm³/mol. The molecule has 0 unspecified atom stereocenters. The third kappa shape index (κ3) is 12.0. The van der Waals surface area contributed by atoms with Crippen LogP contribution in [0.2, 0.25) is 0 Å². The zero-order valence-corrected chi connectivity index (χ0v) is 18.3. The van der Waals surface area contributed by atoms with Crippen LogP contribution in [0.5, 0.6) is 0 Å². The van der Waals surface area contributed by atoms with Crippen LogP contribution in [0.4, 0.5) is 0 Å². The molecule has 0 N–H and O–H groups in total. The molecule has 0 atom stereocenters. The van der Waals surface area contributed by atoms with Gasteiger partial charge in [-0.3, -0.25) is 0 Å². The summed E-state index contributed by atoms with van der Waals surface area (Å²) in [6, 6.07) is 0. The summed E-state index contributed by atoms with van der Waals surface area (Å²) in [6.07, 6.45) is 2.63. The van der Waals surface area contributed by atoms with Crippen molar-refractivity contribution in [1.29, 1.82) is 0 Å². The second kappa shape index (κ2) is 11.5. The highest BCUT2D eigenvalue weighted by atomic mass is 16.5. The molecular weight excluding hydrogens is 282 g/mol. The predicted octanol–water partition coefficient (Wildman–Crippen LogP) is 6.25. The molecule has 2 heteroatoms. The molecule has 2 nitrogen and oxygen atoms in total. The molecule has 1 fully saturated rings. The van der Waals surface area contributed by atoms with E-state index < -0.39 is 0 Å². The van der Waals surface area contributed by atoms with Crippen LogP contribution in [0.25, 0.3) is 0 Å². The van der Waals surface area contributed by atoms with Crippen molar-refractivity contribution in [3.05, 3.63) is 0 Å². The lowest BCUT2D eigenvalue weighted by Crippen LogP contribution is -2.41. The Kier molecular flexibility index (Phi) is 12.5. The minimum atomic E-state index is 0.251. The highest BCUT2D eigenvalue weighted by Gasteiger charge is 2.35. The summed E-state index contributed by atoms with van der Waals surface area (Å²) in [5, 5.41) is 0. The molecule has 0 aliphatic carbocycles. The molecule has 1 aliphatic heterocycles. The van der Waals surface area contributed by atoms with Crippen molar-refractivity contribution < 1.29 is 4.74 Å². The molecule has 0 aromatic carbocycles. The molecule has 0 aromatic heterocycles. The zero-order chi connectivity index (χ0) is 18.7. The minimum Gasteiger partial charge on any atom is -0.381 e. The molecule has 1 saturated heterocycles. The molecule has 1 rings (SSSR count). The summed E-state index contributed by atoms with van der Waals surface area (Å²) in [5.41, 5.74) is 1.14. The van der Waals surface area contributed by atoms with Gasteiger partial charge in [0.2, 0.25) is 0 Å². The first-order chi connectivity index (χ1) is 10.6. The standard InChI is InChI=1S/C17H35NO.2C2H6/c1-8-19-14-17(6,7)13-18-10-9-15(2,3)11-16(4,5)12-18;2*1-2/h8-14H2,1-7H3;2*1-2H3. The smallest absolute Gasteiger partial charge is 0.0529 e. The quantitative estimate of drug-likeness (QED) is 0.591. The zero-order valence-electron chi connectivity index (χ0n) is 18.3. The van der Waals surface area contributed by atoms with Crippen molar-refractivity contribution in [2.24, 2.45) is 16.2 Å². The maximum atomic E-state index is 5.64. The van der Waals surface area contributed by atoms with Crippen LogP contribution in [0.3, 0.4) is 0 Å². The van der Waals surface area contributed by atoms with Gasteiger partial charge >= 0.3 is 0 Å². The summed E-state index contributed by atoms with van der Waals surface area (Å²) in [4.78, 5) is 2.66. The van der Waals surface area contributed by atoms with E-state index in [0.717, 1.165) is 19.8 Å². The van der Waals surface area contributed by atoms with E-state index in [0.29, 0.717) is 10.8 Å². The van der Waals surface area contributed by atoms with Gasteiger partial charge in [-0.05, 0) is 37.1 Å². The maximum Gasteiger partial charge on any atom is 0.0529 e. The van der Waals surface area contributed by atoms with Crippen molar-refractivity contribution in [3.8, 4) is 0 Å². The van der Waals surface area contributed by atoms with E-state index in [4.69, 9.17) is 4.74 Å². The number of nitrogens with zero attached hydrogens (tertiary/aromatic N) is 1. The molecule has 0 amide bonds. The first-order valence-corrected chi connectivity index (χ1v) is 9.85. The Balaban J connectivity index is 0. The Morgan fingerprint density at radius 3 is 1.96 bits per heavy atom. The molecule has 1 heterocycles. The van der Waals surface area contributed by atoms with Gasteiger partial charge in [-0.2, -0.15) is 0 Å². The van der Waals surface area contributed by atoms with E-state index in [1.807, 2.05) is 27.7 Å². The van der Waals surface area contributed by atoms with Crippen LogP contribution >= 0.6 is 0 Å². The van der Waals surface area contributed by atoms with Crippen molar-refractivity contribution >= 4 is 0 Å². The molecule has 0 aromatic rings. The first kappa shape index (κ1) is 25.2. The fourth-order valence-electron chi connectivity index (χ4n) is 3.75. The molecule has 142 valence electrons. The van der Waals surface area contributed by atoms with Gasteiger partial charge in [0.1, 0.15) is 0 Å². The van der Waals surface area contributed by atoms with Gasteiger partial charge in [0.15, 0.2) is 0 Å². The third-order valence-electron chi connectivity index (χ3n) is 4.06. The molecule has 0 saturated carbocycles. The highest BCUT2D eigenvalue weighted by Crippen LogP contribution is 2.40. The summed E-state index contributed by atoms with van der Waals surface area (Å²) in [6.45, 7) is 29.7. The lowest BCUT2D eigenvalue weighted by Gasteiger charge is -2.36. The van der Waals surface area contributed by atoms with Crippen LogP contribution in [-0.4, -0.2) is 37.7 Å². The van der Waals surface area contributed by atoms with Gasteiger partial charge < -0.3 is 9.64 Å². The number of ether oxygens (including phenoxy) is 1. The molecule has 1 aliphatic rings. The number of likely N-dealkylation sites (tertiary alicyclic amines) is 1. The van der Waals surface area contributed by atoms with E-state index in [9.17, 15) is 0 Å². The fourth-order valence-corrected chi connectivity index (χ4v) is 3.75. The van der Waals surface area contributed by atoms with E-state index >= 15 is 0 Å². The van der Waals surface area contributed by atoms with Gasteiger partial charge in [-0.25, -0.2) is 0 Å². The average molecular weight is 330 g/mol. The van der Waals surface area contributed by atoms with Crippen molar-refractivity contribution in [2.75, 3.05) is 32.8 Å². The number of hydrogen-bond acceptors (Lipinski definition) is 2.